The first-order valence-corrected chi connectivity index (χ1v) is 7.83. The van der Waals surface area contributed by atoms with Crippen molar-refractivity contribution in [2.45, 2.75) is 38.6 Å². The van der Waals surface area contributed by atoms with Gasteiger partial charge in [-0.05, 0) is 43.7 Å². The number of halogens is 1. The number of anilines is 1. The SMILES string of the molecule is CC1CCC(Nc2nccc3c(Br)cccc23)CC1. The predicted molar refractivity (Wildman–Crippen MR) is 84.5 cm³/mol. The molecule has 1 aromatic heterocycles. The van der Waals surface area contributed by atoms with Gasteiger partial charge in [-0.3, -0.25) is 0 Å². The van der Waals surface area contributed by atoms with Gasteiger partial charge >= 0.3 is 0 Å². The van der Waals surface area contributed by atoms with E-state index in [-0.39, 0.29) is 0 Å². The quantitative estimate of drug-likeness (QED) is 0.843. The summed E-state index contributed by atoms with van der Waals surface area (Å²) in [6.45, 7) is 2.35. The second kappa shape index (κ2) is 5.49. The third-order valence-corrected chi connectivity index (χ3v) is 4.80. The standard InChI is InChI=1S/C16H19BrN2/c1-11-5-7-12(8-6-11)19-16-14-3-2-4-15(17)13(14)9-10-18-16/h2-4,9-12H,5-8H2,1H3,(H,18,19). The van der Waals surface area contributed by atoms with Gasteiger partial charge in [0.05, 0.1) is 0 Å². The Kier molecular flexibility index (Phi) is 3.74. The van der Waals surface area contributed by atoms with Gasteiger partial charge in [-0.1, -0.05) is 35.0 Å². The summed E-state index contributed by atoms with van der Waals surface area (Å²) in [7, 11) is 0. The lowest BCUT2D eigenvalue weighted by Crippen LogP contribution is -2.25. The zero-order valence-corrected chi connectivity index (χ0v) is 12.8. The average Bonchev–Trinajstić information content (AvgIpc) is 2.43. The van der Waals surface area contributed by atoms with E-state index in [9.17, 15) is 0 Å². The molecule has 1 N–H and O–H groups in total. The molecule has 3 rings (SSSR count). The molecule has 19 heavy (non-hydrogen) atoms. The molecule has 1 aliphatic carbocycles. The highest BCUT2D eigenvalue weighted by atomic mass is 79.9. The summed E-state index contributed by atoms with van der Waals surface area (Å²) in [5, 5.41) is 6.07. The largest absolute Gasteiger partial charge is 0.367 e. The summed E-state index contributed by atoms with van der Waals surface area (Å²) in [6, 6.07) is 8.93. The summed E-state index contributed by atoms with van der Waals surface area (Å²) < 4.78 is 1.13. The van der Waals surface area contributed by atoms with Crippen molar-refractivity contribution in [1.29, 1.82) is 0 Å². The Morgan fingerprint density at radius 1 is 1.11 bits per heavy atom. The molecule has 100 valence electrons. The molecular weight excluding hydrogens is 300 g/mol. The highest BCUT2D eigenvalue weighted by Crippen LogP contribution is 2.30. The van der Waals surface area contributed by atoms with E-state index < -0.39 is 0 Å². The number of benzene rings is 1. The van der Waals surface area contributed by atoms with Crippen LogP contribution >= 0.6 is 15.9 Å². The van der Waals surface area contributed by atoms with Crippen molar-refractivity contribution in [1.82, 2.24) is 4.98 Å². The molecule has 2 aromatic rings. The Labute approximate surface area is 122 Å². The Morgan fingerprint density at radius 3 is 2.68 bits per heavy atom. The van der Waals surface area contributed by atoms with Gasteiger partial charge in [0.15, 0.2) is 0 Å². The van der Waals surface area contributed by atoms with Crippen LogP contribution in [0.4, 0.5) is 5.82 Å². The molecule has 0 atom stereocenters. The first kappa shape index (κ1) is 12.9. The Morgan fingerprint density at radius 2 is 1.89 bits per heavy atom. The van der Waals surface area contributed by atoms with Crippen LogP contribution < -0.4 is 5.32 Å². The molecule has 2 nitrogen and oxygen atoms in total. The maximum Gasteiger partial charge on any atom is 0.134 e. The molecule has 0 saturated heterocycles. The van der Waals surface area contributed by atoms with Crippen molar-refractivity contribution >= 4 is 32.5 Å². The molecule has 0 unspecified atom stereocenters. The lowest BCUT2D eigenvalue weighted by molar-refractivity contribution is 0.361. The van der Waals surface area contributed by atoms with Crippen LogP contribution in [-0.4, -0.2) is 11.0 Å². The van der Waals surface area contributed by atoms with Crippen LogP contribution in [0, 0.1) is 5.92 Å². The molecule has 1 fully saturated rings. The van der Waals surface area contributed by atoms with Gasteiger partial charge in [0.25, 0.3) is 0 Å². The molecule has 0 bridgehead atoms. The number of aromatic nitrogens is 1. The van der Waals surface area contributed by atoms with E-state index in [1.165, 1.54) is 36.5 Å². The molecule has 1 heterocycles. The summed E-state index contributed by atoms with van der Waals surface area (Å²) in [6.07, 6.45) is 7.06. The van der Waals surface area contributed by atoms with Crippen molar-refractivity contribution in [2.75, 3.05) is 5.32 Å². The predicted octanol–water partition coefficient (Wildman–Crippen LogP) is 4.99. The minimum Gasteiger partial charge on any atom is -0.367 e. The van der Waals surface area contributed by atoms with E-state index in [0.29, 0.717) is 6.04 Å². The summed E-state index contributed by atoms with van der Waals surface area (Å²) >= 11 is 3.61. The van der Waals surface area contributed by atoms with E-state index >= 15 is 0 Å². The van der Waals surface area contributed by atoms with Crippen molar-refractivity contribution in [3.63, 3.8) is 0 Å². The lowest BCUT2D eigenvalue weighted by Gasteiger charge is -2.27. The van der Waals surface area contributed by atoms with E-state index in [4.69, 9.17) is 0 Å². The zero-order valence-electron chi connectivity index (χ0n) is 11.2. The van der Waals surface area contributed by atoms with Gasteiger partial charge in [-0.15, -0.1) is 0 Å². The monoisotopic (exact) mass is 318 g/mol. The Bertz CT molecular complexity index is 574. The highest BCUT2D eigenvalue weighted by Gasteiger charge is 2.18. The fourth-order valence-corrected chi connectivity index (χ4v) is 3.38. The highest BCUT2D eigenvalue weighted by molar-refractivity contribution is 9.10. The third kappa shape index (κ3) is 2.76. The normalized spacial score (nSPS) is 23.5. The van der Waals surface area contributed by atoms with Crippen LogP contribution in [-0.2, 0) is 0 Å². The maximum atomic E-state index is 4.53. The minimum atomic E-state index is 0.577. The van der Waals surface area contributed by atoms with E-state index in [0.717, 1.165) is 16.2 Å². The van der Waals surface area contributed by atoms with Crippen LogP contribution in [0.3, 0.4) is 0 Å². The molecule has 3 heteroatoms. The van der Waals surface area contributed by atoms with E-state index in [2.05, 4.69) is 57.4 Å². The molecular formula is C16H19BrN2. The van der Waals surface area contributed by atoms with Crippen molar-refractivity contribution in [3.8, 4) is 0 Å². The van der Waals surface area contributed by atoms with Gasteiger partial charge in [0.2, 0.25) is 0 Å². The molecule has 0 spiro atoms. The summed E-state index contributed by atoms with van der Waals surface area (Å²) in [5.74, 6) is 1.91. The van der Waals surface area contributed by atoms with Gasteiger partial charge in [0, 0.05) is 27.5 Å². The zero-order chi connectivity index (χ0) is 13.2. The fourth-order valence-electron chi connectivity index (χ4n) is 2.88. The Hall–Kier alpha value is -1.09. The van der Waals surface area contributed by atoms with Crippen LogP contribution in [0.2, 0.25) is 0 Å². The number of nitrogens with zero attached hydrogens (tertiary/aromatic N) is 1. The average molecular weight is 319 g/mol. The first-order valence-electron chi connectivity index (χ1n) is 7.04. The van der Waals surface area contributed by atoms with E-state index in [1.807, 2.05) is 6.20 Å². The summed E-state index contributed by atoms with van der Waals surface area (Å²) in [5.41, 5.74) is 0. The minimum absolute atomic E-state index is 0.577. The number of hydrogen-bond acceptors (Lipinski definition) is 2. The van der Waals surface area contributed by atoms with Crippen molar-refractivity contribution in [3.05, 3.63) is 34.9 Å². The van der Waals surface area contributed by atoms with Gasteiger partial charge in [-0.25, -0.2) is 4.98 Å². The number of fused-ring (bicyclic) bond motifs is 1. The first-order chi connectivity index (χ1) is 9.24. The molecule has 1 aromatic carbocycles. The smallest absolute Gasteiger partial charge is 0.134 e. The molecule has 0 amide bonds. The van der Waals surface area contributed by atoms with Crippen LogP contribution in [0.15, 0.2) is 34.9 Å². The van der Waals surface area contributed by atoms with Crippen LogP contribution in [0.25, 0.3) is 10.8 Å². The molecule has 1 saturated carbocycles. The Balaban J connectivity index is 1.87. The van der Waals surface area contributed by atoms with E-state index in [1.54, 1.807) is 0 Å². The summed E-state index contributed by atoms with van der Waals surface area (Å²) in [4.78, 5) is 4.53. The van der Waals surface area contributed by atoms with Crippen LogP contribution in [0.5, 0.6) is 0 Å². The second-order valence-corrected chi connectivity index (χ2v) is 6.45. The molecule has 0 aliphatic heterocycles. The van der Waals surface area contributed by atoms with Gasteiger partial charge in [-0.2, -0.15) is 0 Å². The van der Waals surface area contributed by atoms with Crippen LogP contribution in [0.1, 0.15) is 32.6 Å². The van der Waals surface area contributed by atoms with Crippen molar-refractivity contribution < 1.29 is 0 Å². The van der Waals surface area contributed by atoms with Crippen molar-refractivity contribution in [2.24, 2.45) is 5.92 Å². The fraction of sp³-hybridized carbons (Fsp3) is 0.438. The topological polar surface area (TPSA) is 24.9 Å². The van der Waals surface area contributed by atoms with Gasteiger partial charge in [0.1, 0.15) is 5.82 Å². The number of rotatable bonds is 2. The number of nitrogens with one attached hydrogen (secondary N) is 1. The third-order valence-electron chi connectivity index (χ3n) is 4.11. The second-order valence-electron chi connectivity index (χ2n) is 5.60. The lowest BCUT2D eigenvalue weighted by atomic mass is 9.87. The maximum absolute atomic E-state index is 4.53. The molecule has 0 radical (unpaired) electrons. The number of hydrogen-bond donors (Lipinski definition) is 1. The molecule has 1 aliphatic rings. The van der Waals surface area contributed by atoms with Gasteiger partial charge < -0.3 is 5.32 Å². The number of pyridine rings is 1.